The first-order chi connectivity index (χ1) is 25.5. The van der Waals surface area contributed by atoms with Crippen molar-refractivity contribution in [1.29, 1.82) is 0 Å². The van der Waals surface area contributed by atoms with Gasteiger partial charge in [0, 0.05) is 27.5 Å². The summed E-state index contributed by atoms with van der Waals surface area (Å²) >= 11 is 0. The van der Waals surface area contributed by atoms with E-state index >= 15 is 0 Å². The molecule has 1 aliphatic rings. The maximum atomic E-state index is 6.48. The Morgan fingerprint density at radius 3 is 1.58 bits per heavy atom. The molecule has 0 unspecified atom stereocenters. The second-order valence-electron chi connectivity index (χ2n) is 14.0. The predicted octanol–water partition coefficient (Wildman–Crippen LogP) is 10.9. The van der Waals surface area contributed by atoms with Crippen LogP contribution in [0.4, 0.5) is 0 Å². The van der Waals surface area contributed by atoms with E-state index < -0.39 is 8.07 Å². The van der Waals surface area contributed by atoms with E-state index in [2.05, 4.69) is 140 Å². The van der Waals surface area contributed by atoms with Gasteiger partial charge in [0.2, 0.25) is 0 Å². The number of nitrogens with zero attached hydrogens (tertiary/aromatic N) is 3. The largest absolute Gasteiger partial charge is 0.456 e. The summed E-state index contributed by atoms with van der Waals surface area (Å²) < 4.78 is 6.48. The topological polar surface area (TPSA) is 51.8 Å². The van der Waals surface area contributed by atoms with Crippen molar-refractivity contribution < 1.29 is 4.42 Å². The van der Waals surface area contributed by atoms with Crippen LogP contribution in [0.15, 0.2) is 168 Å². The molecule has 4 nitrogen and oxygen atoms in total. The van der Waals surface area contributed by atoms with Crippen molar-refractivity contribution in [2.24, 2.45) is 0 Å². The number of rotatable bonds is 5. The lowest BCUT2D eigenvalue weighted by Crippen LogP contribution is -2.49. The zero-order valence-corrected chi connectivity index (χ0v) is 29.8. The normalized spacial score (nSPS) is 13.0. The zero-order chi connectivity index (χ0) is 34.8. The molecule has 2 aromatic heterocycles. The predicted molar refractivity (Wildman–Crippen MR) is 216 cm³/mol. The summed E-state index contributed by atoms with van der Waals surface area (Å²) in [6.07, 6.45) is 0. The van der Waals surface area contributed by atoms with Gasteiger partial charge in [-0.25, -0.2) is 15.0 Å². The third-order valence-corrected chi connectivity index (χ3v) is 14.1. The van der Waals surface area contributed by atoms with Gasteiger partial charge < -0.3 is 4.42 Å². The standard InChI is InChI=1S/C47H33N3OSi/c1-52(2)42-28-33(30-14-6-3-7-15-30)22-24-36(42)37-25-23-34(29-43(37)52)46-48-45(32-18-10-5-11-19-32)49-47(50-46)35-26-39(31-16-8-4-9-17-31)44-38-20-12-13-21-40(38)51-41(44)27-35/h3-29H,1-2H3. The highest BCUT2D eigenvalue weighted by atomic mass is 28.3. The van der Waals surface area contributed by atoms with Crippen molar-refractivity contribution in [2.75, 3.05) is 0 Å². The smallest absolute Gasteiger partial charge is 0.164 e. The molecule has 0 saturated heterocycles. The molecule has 0 bridgehead atoms. The zero-order valence-electron chi connectivity index (χ0n) is 28.8. The van der Waals surface area contributed by atoms with Gasteiger partial charge in [-0.05, 0) is 62.0 Å². The van der Waals surface area contributed by atoms with Crippen molar-refractivity contribution >= 4 is 40.4 Å². The van der Waals surface area contributed by atoms with E-state index in [1.807, 2.05) is 36.4 Å². The molecule has 0 aliphatic carbocycles. The fraction of sp³-hybridized carbons (Fsp3) is 0.0426. The summed E-state index contributed by atoms with van der Waals surface area (Å²) in [7, 11) is -2.04. The molecule has 1 aliphatic heterocycles. The van der Waals surface area contributed by atoms with Gasteiger partial charge in [-0.3, -0.25) is 0 Å². The van der Waals surface area contributed by atoms with Crippen LogP contribution in [-0.2, 0) is 0 Å². The van der Waals surface area contributed by atoms with Gasteiger partial charge >= 0.3 is 0 Å². The highest BCUT2D eigenvalue weighted by molar-refractivity contribution is 7.03. The van der Waals surface area contributed by atoms with Crippen molar-refractivity contribution in [2.45, 2.75) is 13.1 Å². The van der Waals surface area contributed by atoms with Gasteiger partial charge in [0.1, 0.15) is 19.2 Å². The Kier molecular flexibility index (Phi) is 6.91. The molecule has 0 amide bonds. The molecule has 7 aromatic carbocycles. The third kappa shape index (κ3) is 4.93. The Morgan fingerprint density at radius 1 is 0.385 bits per heavy atom. The average Bonchev–Trinajstić information content (AvgIpc) is 3.69. The molecule has 3 heterocycles. The lowest BCUT2D eigenvalue weighted by Gasteiger charge is -2.20. The molecule has 246 valence electrons. The Morgan fingerprint density at radius 2 is 0.904 bits per heavy atom. The minimum absolute atomic E-state index is 0.608. The van der Waals surface area contributed by atoms with Gasteiger partial charge in [0.25, 0.3) is 0 Å². The van der Waals surface area contributed by atoms with Crippen molar-refractivity contribution in [1.82, 2.24) is 15.0 Å². The summed E-state index contributed by atoms with van der Waals surface area (Å²) in [4.78, 5) is 15.5. The van der Waals surface area contributed by atoms with Gasteiger partial charge in [0.05, 0.1) is 0 Å². The van der Waals surface area contributed by atoms with Crippen LogP contribution in [0, 0.1) is 0 Å². The van der Waals surface area contributed by atoms with Crippen LogP contribution in [0.2, 0.25) is 13.1 Å². The Balaban J connectivity index is 1.15. The molecular weight excluding hydrogens is 651 g/mol. The maximum Gasteiger partial charge on any atom is 0.164 e. The molecule has 0 N–H and O–H groups in total. The van der Waals surface area contributed by atoms with Gasteiger partial charge in [0.15, 0.2) is 17.5 Å². The van der Waals surface area contributed by atoms with E-state index in [0.717, 1.165) is 49.8 Å². The van der Waals surface area contributed by atoms with Crippen LogP contribution in [-0.4, -0.2) is 23.0 Å². The van der Waals surface area contributed by atoms with Crippen molar-refractivity contribution in [3.63, 3.8) is 0 Å². The lowest BCUT2D eigenvalue weighted by atomic mass is 9.97. The van der Waals surface area contributed by atoms with Gasteiger partial charge in [-0.15, -0.1) is 0 Å². The molecule has 9 aromatic rings. The van der Waals surface area contributed by atoms with Crippen LogP contribution in [0.5, 0.6) is 0 Å². The van der Waals surface area contributed by atoms with E-state index in [1.54, 1.807) is 0 Å². The summed E-state index contributed by atoms with van der Waals surface area (Å²) in [6, 6.07) is 57.6. The monoisotopic (exact) mass is 683 g/mol. The molecular formula is C47H33N3OSi. The number of benzene rings is 7. The fourth-order valence-electron chi connectivity index (χ4n) is 7.87. The minimum Gasteiger partial charge on any atom is -0.456 e. The first-order valence-corrected chi connectivity index (χ1v) is 20.7. The minimum atomic E-state index is -2.04. The molecule has 0 saturated carbocycles. The van der Waals surface area contributed by atoms with Crippen molar-refractivity contribution in [3.05, 3.63) is 164 Å². The van der Waals surface area contributed by atoms with Crippen LogP contribution >= 0.6 is 0 Å². The second kappa shape index (κ2) is 11.8. The molecule has 0 atom stereocenters. The first kappa shape index (κ1) is 30.4. The molecule has 0 radical (unpaired) electrons. The fourth-order valence-corrected chi connectivity index (χ4v) is 11.0. The van der Waals surface area contributed by atoms with E-state index in [9.17, 15) is 0 Å². The van der Waals surface area contributed by atoms with E-state index in [4.69, 9.17) is 19.4 Å². The number of para-hydroxylation sites is 1. The summed E-state index contributed by atoms with van der Waals surface area (Å²) in [5, 5.41) is 5.05. The molecule has 10 rings (SSSR count). The molecule has 5 heteroatoms. The molecule has 52 heavy (non-hydrogen) atoms. The summed E-state index contributed by atoms with van der Waals surface area (Å²) in [5.74, 6) is 1.90. The Labute approximate surface area is 303 Å². The SMILES string of the molecule is C[Si]1(C)c2cc(-c3ccccc3)ccc2-c2ccc(-c3nc(-c4ccccc4)nc(-c4cc(-c5ccccc5)c5c(c4)oc4ccccc45)n3)cc21. The van der Waals surface area contributed by atoms with E-state index in [-0.39, 0.29) is 0 Å². The average molecular weight is 684 g/mol. The number of furan rings is 1. The van der Waals surface area contributed by atoms with Crippen LogP contribution in [0.25, 0.3) is 89.5 Å². The Bertz CT molecular complexity index is 2810. The highest BCUT2D eigenvalue weighted by Crippen LogP contribution is 2.40. The quantitative estimate of drug-likeness (QED) is 0.169. The number of hydrogen-bond acceptors (Lipinski definition) is 4. The first-order valence-electron chi connectivity index (χ1n) is 17.7. The van der Waals surface area contributed by atoms with Crippen LogP contribution < -0.4 is 10.4 Å². The summed E-state index contributed by atoms with van der Waals surface area (Å²) in [6.45, 7) is 4.91. The number of hydrogen-bond donors (Lipinski definition) is 0. The van der Waals surface area contributed by atoms with Crippen LogP contribution in [0.1, 0.15) is 0 Å². The third-order valence-electron chi connectivity index (χ3n) is 10.5. The molecule has 0 spiro atoms. The lowest BCUT2D eigenvalue weighted by molar-refractivity contribution is 0.669. The van der Waals surface area contributed by atoms with Gasteiger partial charge in [-0.2, -0.15) is 0 Å². The number of fused-ring (bicyclic) bond motifs is 6. The second-order valence-corrected chi connectivity index (χ2v) is 18.4. The molecule has 0 fully saturated rings. The highest BCUT2D eigenvalue weighted by Gasteiger charge is 2.38. The Hall–Kier alpha value is -6.43. The van der Waals surface area contributed by atoms with Gasteiger partial charge in [-0.1, -0.05) is 159 Å². The van der Waals surface area contributed by atoms with E-state index in [1.165, 1.54) is 32.6 Å². The van der Waals surface area contributed by atoms with Crippen molar-refractivity contribution in [3.8, 4) is 67.5 Å². The van der Waals surface area contributed by atoms with E-state index in [0.29, 0.717) is 17.5 Å². The number of aromatic nitrogens is 3. The summed E-state index contributed by atoms with van der Waals surface area (Å²) in [5.41, 5.74) is 11.8. The maximum absolute atomic E-state index is 6.48. The van der Waals surface area contributed by atoms with Crippen LogP contribution in [0.3, 0.4) is 0 Å².